The van der Waals surface area contributed by atoms with Crippen LogP contribution < -0.4 is 5.32 Å². The molecule has 0 fully saturated rings. The number of hydrogen-bond donors (Lipinski definition) is 1. The molecule has 3 rings (SSSR count). The van der Waals surface area contributed by atoms with Crippen LogP contribution in [0.5, 0.6) is 0 Å². The Hall–Kier alpha value is -3.40. The van der Waals surface area contributed by atoms with Gasteiger partial charge >= 0.3 is 5.97 Å². The van der Waals surface area contributed by atoms with E-state index < -0.39 is 6.10 Å². The van der Waals surface area contributed by atoms with Crippen LogP contribution in [0.25, 0.3) is 0 Å². The first-order valence-electron chi connectivity index (χ1n) is 9.72. The van der Waals surface area contributed by atoms with Crippen molar-refractivity contribution in [2.45, 2.75) is 26.4 Å². The molecule has 1 N–H and O–H groups in total. The van der Waals surface area contributed by atoms with Crippen molar-refractivity contribution >= 4 is 17.6 Å². The lowest BCUT2D eigenvalue weighted by Crippen LogP contribution is -2.17. The summed E-state index contributed by atoms with van der Waals surface area (Å²) in [6, 6.07) is 26.7. The van der Waals surface area contributed by atoms with E-state index in [2.05, 4.69) is 5.32 Å². The fourth-order valence-electron chi connectivity index (χ4n) is 2.92. The lowest BCUT2D eigenvalue weighted by atomic mass is 10.0. The Labute approximate surface area is 171 Å². The van der Waals surface area contributed by atoms with E-state index >= 15 is 0 Å². The van der Waals surface area contributed by atoms with Gasteiger partial charge in [-0.3, -0.25) is 9.59 Å². The van der Waals surface area contributed by atoms with Crippen LogP contribution in [0.1, 0.15) is 36.6 Å². The number of carbonyl (C=O) groups is 2. The van der Waals surface area contributed by atoms with Crippen molar-refractivity contribution in [2.24, 2.45) is 5.92 Å². The molecule has 0 aliphatic heterocycles. The highest BCUT2D eigenvalue weighted by atomic mass is 16.5. The number of benzene rings is 3. The van der Waals surface area contributed by atoms with Gasteiger partial charge in [0.2, 0.25) is 5.91 Å². The summed E-state index contributed by atoms with van der Waals surface area (Å²) in [7, 11) is 0. The lowest BCUT2D eigenvalue weighted by molar-refractivity contribution is -0.146. The van der Waals surface area contributed by atoms with E-state index in [-0.39, 0.29) is 24.2 Å². The Morgan fingerprint density at radius 2 is 1.31 bits per heavy atom. The largest absolute Gasteiger partial charge is 0.452 e. The molecule has 0 aliphatic carbocycles. The van der Waals surface area contributed by atoms with Crippen LogP contribution >= 0.6 is 0 Å². The van der Waals surface area contributed by atoms with Gasteiger partial charge < -0.3 is 10.1 Å². The molecule has 0 atom stereocenters. The van der Waals surface area contributed by atoms with Gasteiger partial charge in [-0.25, -0.2) is 0 Å². The molecule has 4 nitrogen and oxygen atoms in total. The van der Waals surface area contributed by atoms with Crippen molar-refractivity contribution < 1.29 is 14.3 Å². The fourth-order valence-corrected chi connectivity index (χ4v) is 2.92. The van der Waals surface area contributed by atoms with E-state index in [1.165, 1.54) is 0 Å². The maximum absolute atomic E-state index is 12.6. The normalized spacial score (nSPS) is 10.8. The topological polar surface area (TPSA) is 55.4 Å². The van der Waals surface area contributed by atoms with E-state index in [1.807, 2.05) is 86.6 Å². The Morgan fingerprint density at radius 3 is 1.79 bits per heavy atom. The third kappa shape index (κ3) is 5.79. The lowest BCUT2D eigenvalue weighted by Gasteiger charge is -2.19. The van der Waals surface area contributed by atoms with Crippen LogP contribution in [-0.4, -0.2) is 11.9 Å². The molecule has 0 saturated carbocycles. The number of esters is 1. The average Bonchev–Trinajstić information content (AvgIpc) is 2.74. The van der Waals surface area contributed by atoms with Crippen molar-refractivity contribution in [2.75, 3.05) is 5.32 Å². The highest BCUT2D eigenvalue weighted by Crippen LogP contribution is 2.26. The van der Waals surface area contributed by atoms with Crippen molar-refractivity contribution in [3.05, 3.63) is 102 Å². The molecular formula is C25H25NO3. The first-order valence-corrected chi connectivity index (χ1v) is 9.72. The van der Waals surface area contributed by atoms with Crippen molar-refractivity contribution in [3.8, 4) is 0 Å². The summed E-state index contributed by atoms with van der Waals surface area (Å²) >= 11 is 0. The molecule has 0 bridgehead atoms. The molecule has 0 spiro atoms. The van der Waals surface area contributed by atoms with Crippen LogP contribution in [0.15, 0.2) is 84.9 Å². The van der Waals surface area contributed by atoms with Gasteiger partial charge in [-0.1, -0.05) is 86.6 Å². The molecule has 4 heteroatoms. The first-order chi connectivity index (χ1) is 14.0. The van der Waals surface area contributed by atoms with Crippen molar-refractivity contribution in [1.29, 1.82) is 0 Å². The van der Waals surface area contributed by atoms with Gasteiger partial charge in [0.15, 0.2) is 6.10 Å². The molecule has 0 aliphatic rings. The predicted molar refractivity (Wildman–Crippen MR) is 114 cm³/mol. The molecule has 1 amide bonds. The van der Waals surface area contributed by atoms with Gasteiger partial charge in [-0.2, -0.15) is 0 Å². The van der Waals surface area contributed by atoms with Crippen LogP contribution in [0.3, 0.4) is 0 Å². The number of amides is 1. The van der Waals surface area contributed by atoms with E-state index in [1.54, 1.807) is 12.1 Å². The number of nitrogens with one attached hydrogen (secondary N) is 1. The Morgan fingerprint density at radius 1 is 0.793 bits per heavy atom. The second kappa shape index (κ2) is 9.69. The SMILES string of the molecule is CC(C)C(=O)Nc1ccc(CC(=O)OC(c2ccccc2)c2ccccc2)cc1. The third-order valence-corrected chi connectivity index (χ3v) is 4.55. The summed E-state index contributed by atoms with van der Waals surface area (Å²) < 4.78 is 5.84. The van der Waals surface area contributed by atoms with E-state index in [4.69, 9.17) is 4.74 Å². The summed E-state index contributed by atoms with van der Waals surface area (Å²) in [5, 5.41) is 2.84. The Bertz CT molecular complexity index is 895. The number of carbonyl (C=O) groups excluding carboxylic acids is 2. The molecule has 29 heavy (non-hydrogen) atoms. The smallest absolute Gasteiger partial charge is 0.311 e. The quantitative estimate of drug-likeness (QED) is 0.570. The second-order valence-corrected chi connectivity index (χ2v) is 7.21. The zero-order valence-electron chi connectivity index (χ0n) is 16.7. The molecule has 3 aromatic rings. The molecule has 0 aromatic heterocycles. The Kier molecular flexibility index (Phi) is 6.80. The molecule has 148 valence electrons. The van der Waals surface area contributed by atoms with Crippen molar-refractivity contribution in [3.63, 3.8) is 0 Å². The number of rotatable bonds is 7. The number of hydrogen-bond acceptors (Lipinski definition) is 3. The summed E-state index contributed by atoms with van der Waals surface area (Å²) in [6.07, 6.45) is -0.288. The van der Waals surface area contributed by atoms with Gasteiger partial charge in [0.25, 0.3) is 0 Å². The zero-order chi connectivity index (χ0) is 20.6. The Balaban J connectivity index is 1.68. The standard InChI is InChI=1S/C25H25NO3/c1-18(2)25(28)26-22-15-13-19(14-16-22)17-23(27)29-24(20-9-5-3-6-10-20)21-11-7-4-8-12-21/h3-16,18,24H,17H2,1-2H3,(H,26,28). The van der Waals surface area contributed by atoms with E-state index in [0.717, 1.165) is 16.7 Å². The maximum Gasteiger partial charge on any atom is 0.311 e. The summed E-state index contributed by atoms with van der Waals surface area (Å²) in [5.41, 5.74) is 3.40. The molecule has 0 heterocycles. The van der Waals surface area contributed by atoms with Gasteiger partial charge in [-0.05, 0) is 28.8 Å². The number of anilines is 1. The second-order valence-electron chi connectivity index (χ2n) is 7.21. The minimum atomic E-state index is -0.450. The number of ether oxygens (including phenoxy) is 1. The van der Waals surface area contributed by atoms with Gasteiger partial charge in [0.1, 0.15) is 0 Å². The molecular weight excluding hydrogens is 362 g/mol. The fraction of sp³-hybridized carbons (Fsp3) is 0.200. The van der Waals surface area contributed by atoms with Gasteiger partial charge in [0.05, 0.1) is 6.42 Å². The van der Waals surface area contributed by atoms with Crippen LogP contribution in [0, 0.1) is 5.92 Å². The highest BCUT2D eigenvalue weighted by molar-refractivity contribution is 5.92. The summed E-state index contributed by atoms with van der Waals surface area (Å²) in [4.78, 5) is 24.4. The monoisotopic (exact) mass is 387 g/mol. The van der Waals surface area contributed by atoms with E-state index in [0.29, 0.717) is 5.69 Å². The van der Waals surface area contributed by atoms with Gasteiger partial charge in [-0.15, -0.1) is 0 Å². The molecule has 3 aromatic carbocycles. The third-order valence-electron chi connectivity index (χ3n) is 4.55. The average molecular weight is 387 g/mol. The van der Waals surface area contributed by atoms with Crippen molar-refractivity contribution in [1.82, 2.24) is 0 Å². The molecule has 0 radical (unpaired) electrons. The zero-order valence-corrected chi connectivity index (χ0v) is 16.7. The first kappa shape index (κ1) is 20.3. The highest BCUT2D eigenvalue weighted by Gasteiger charge is 2.19. The van der Waals surface area contributed by atoms with Gasteiger partial charge in [0, 0.05) is 11.6 Å². The summed E-state index contributed by atoms with van der Waals surface area (Å²) in [6.45, 7) is 3.69. The molecule has 0 unspecified atom stereocenters. The van der Waals surface area contributed by atoms with Crippen LogP contribution in [0.4, 0.5) is 5.69 Å². The minimum absolute atomic E-state index is 0.0364. The van der Waals surface area contributed by atoms with Crippen LogP contribution in [0.2, 0.25) is 0 Å². The molecule has 0 saturated heterocycles. The summed E-state index contributed by atoms with van der Waals surface area (Å²) in [5.74, 6) is -0.426. The maximum atomic E-state index is 12.6. The van der Waals surface area contributed by atoms with Crippen LogP contribution in [-0.2, 0) is 20.7 Å². The minimum Gasteiger partial charge on any atom is -0.452 e. The predicted octanol–water partition coefficient (Wildman–Crippen LogP) is 5.16. The van der Waals surface area contributed by atoms with E-state index in [9.17, 15) is 9.59 Å².